The van der Waals surface area contributed by atoms with Crippen LogP contribution in [0.5, 0.6) is 0 Å². The summed E-state index contributed by atoms with van der Waals surface area (Å²) in [4.78, 5) is 40.9. The molecule has 27 heavy (non-hydrogen) atoms. The highest BCUT2D eigenvalue weighted by Gasteiger charge is 2.40. The summed E-state index contributed by atoms with van der Waals surface area (Å²) in [7, 11) is 0. The molecule has 7 nitrogen and oxygen atoms in total. The van der Waals surface area contributed by atoms with E-state index in [0.717, 1.165) is 5.56 Å². The molecule has 0 saturated heterocycles. The molecule has 0 spiro atoms. The number of hydrogen-bond acceptors (Lipinski definition) is 4. The van der Waals surface area contributed by atoms with Crippen molar-refractivity contribution in [2.45, 2.75) is 39.5 Å². The summed E-state index contributed by atoms with van der Waals surface area (Å²) in [6.07, 6.45) is 0.956. The number of nitrogens with one attached hydrogen (secondary N) is 2. The number of hydrogen-bond donors (Lipinski definition) is 2. The van der Waals surface area contributed by atoms with Crippen molar-refractivity contribution in [1.29, 1.82) is 0 Å². The van der Waals surface area contributed by atoms with Crippen molar-refractivity contribution in [3.8, 4) is 0 Å². The first kappa shape index (κ1) is 18.7. The average molecular weight is 369 g/mol. The number of benzene rings is 1. The molecule has 0 fully saturated rings. The average Bonchev–Trinajstić information content (AvgIpc) is 2.65. The predicted molar refractivity (Wildman–Crippen MR) is 101 cm³/mol. The highest BCUT2D eigenvalue weighted by Crippen LogP contribution is 2.38. The lowest BCUT2D eigenvalue weighted by Gasteiger charge is -2.42. The predicted octanol–water partition coefficient (Wildman–Crippen LogP) is 2.73. The van der Waals surface area contributed by atoms with Crippen LogP contribution in [0.2, 0.25) is 0 Å². The maximum atomic E-state index is 12.4. The zero-order valence-corrected chi connectivity index (χ0v) is 15.6. The molecule has 2 aromatic rings. The van der Waals surface area contributed by atoms with Crippen LogP contribution in [-0.4, -0.2) is 23.0 Å². The van der Waals surface area contributed by atoms with Gasteiger partial charge in [-0.05, 0) is 18.6 Å². The Hall–Kier alpha value is -3.09. The van der Waals surface area contributed by atoms with E-state index in [1.165, 1.54) is 18.0 Å². The van der Waals surface area contributed by atoms with E-state index in [1.54, 1.807) is 6.07 Å². The fourth-order valence-electron chi connectivity index (χ4n) is 3.53. The second kappa shape index (κ2) is 7.65. The maximum absolute atomic E-state index is 12.4. The van der Waals surface area contributed by atoms with Crippen LogP contribution in [0.1, 0.15) is 37.9 Å². The number of anilines is 1. The highest BCUT2D eigenvalue weighted by molar-refractivity contribution is 5.93. The van der Waals surface area contributed by atoms with Gasteiger partial charge in [0.2, 0.25) is 5.91 Å². The number of alkyl carbamates (subject to hydrolysis) is 1. The Kier molecular flexibility index (Phi) is 5.30. The molecule has 0 aliphatic carbocycles. The SMILES string of the molecule is CC(=O)N1c2c(cc[nH]c2=O)C(NC(=O)OCc2ccccc2)[C@@H](C)[C@@H]1C. The van der Waals surface area contributed by atoms with Crippen molar-refractivity contribution in [1.82, 2.24) is 10.3 Å². The number of carbonyl (C=O) groups is 2. The molecule has 2 heterocycles. The van der Waals surface area contributed by atoms with Gasteiger partial charge >= 0.3 is 6.09 Å². The Morgan fingerprint density at radius 2 is 1.89 bits per heavy atom. The van der Waals surface area contributed by atoms with Gasteiger partial charge in [-0.3, -0.25) is 9.59 Å². The zero-order valence-electron chi connectivity index (χ0n) is 15.6. The molecule has 1 aliphatic rings. The zero-order chi connectivity index (χ0) is 19.6. The van der Waals surface area contributed by atoms with Gasteiger partial charge < -0.3 is 19.9 Å². The molecule has 0 bridgehead atoms. The lowest BCUT2D eigenvalue weighted by Crippen LogP contribution is -2.52. The molecule has 0 radical (unpaired) electrons. The van der Waals surface area contributed by atoms with E-state index in [9.17, 15) is 14.4 Å². The van der Waals surface area contributed by atoms with Gasteiger partial charge in [-0.1, -0.05) is 37.3 Å². The van der Waals surface area contributed by atoms with E-state index in [0.29, 0.717) is 5.56 Å². The molecular formula is C20H23N3O4. The molecule has 1 aromatic heterocycles. The fourth-order valence-corrected chi connectivity index (χ4v) is 3.53. The molecule has 1 aromatic carbocycles. The van der Waals surface area contributed by atoms with Gasteiger partial charge in [-0.2, -0.15) is 0 Å². The summed E-state index contributed by atoms with van der Waals surface area (Å²) in [5.41, 5.74) is 1.42. The monoisotopic (exact) mass is 369 g/mol. The number of aromatic nitrogens is 1. The van der Waals surface area contributed by atoms with Gasteiger partial charge in [-0.15, -0.1) is 0 Å². The first-order chi connectivity index (χ1) is 12.9. The number of H-pyrrole nitrogens is 1. The van der Waals surface area contributed by atoms with Gasteiger partial charge in [0.25, 0.3) is 5.56 Å². The number of amides is 2. The van der Waals surface area contributed by atoms with E-state index < -0.39 is 12.1 Å². The molecule has 0 saturated carbocycles. The number of pyridine rings is 1. The fraction of sp³-hybridized carbons (Fsp3) is 0.350. The molecule has 3 rings (SSSR count). The van der Waals surface area contributed by atoms with Gasteiger partial charge in [0.1, 0.15) is 12.3 Å². The maximum Gasteiger partial charge on any atom is 0.407 e. The minimum Gasteiger partial charge on any atom is -0.445 e. The third-order valence-corrected chi connectivity index (χ3v) is 5.06. The number of rotatable bonds is 3. The summed E-state index contributed by atoms with van der Waals surface area (Å²) in [5, 5.41) is 2.86. The van der Waals surface area contributed by atoms with Crippen LogP contribution in [0.15, 0.2) is 47.4 Å². The van der Waals surface area contributed by atoms with Crippen molar-refractivity contribution in [3.63, 3.8) is 0 Å². The number of carbonyl (C=O) groups excluding carboxylic acids is 2. The number of fused-ring (bicyclic) bond motifs is 1. The van der Waals surface area contributed by atoms with Crippen LogP contribution in [-0.2, 0) is 16.1 Å². The van der Waals surface area contributed by atoms with Crippen molar-refractivity contribution < 1.29 is 14.3 Å². The normalized spacial score (nSPS) is 21.3. The molecule has 1 unspecified atom stereocenters. The van der Waals surface area contributed by atoms with Crippen LogP contribution in [0.4, 0.5) is 10.5 Å². The number of nitrogens with zero attached hydrogens (tertiary/aromatic N) is 1. The summed E-state index contributed by atoms with van der Waals surface area (Å²) >= 11 is 0. The Morgan fingerprint density at radius 3 is 2.56 bits per heavy atom. The third-order valence-electron chi connectivity index (χ3n) is 5.06. The molecule has 2 N–H and O–H groups in total. The quantitative estimate of drug-likeness (QED) is 0.870. The number of ether oxygens (including phenoxy) is 1. The van der Waals surface area contributed by atoms with Gasteiger partial charge in [-0.25, -0.2) is 4.79 Å². The van der Waals surface area contributed by atoms with Crippen LogP contribution in [0.25, 0.3) is 0 Å². The van der Waals surface area contributed by atoms with Crippen molar-refractivity contribution in [2.24, 2.45) is 5.92 Å². The molecular weight excluding hydrogens is 346 g/mol. The topological polar surface area (TPSA) is 91.5 Å². The smallest absolute Gasteiger partial charge is 0.407 e. The first-order valence-corrected chi connectivity index (χ1v) is 8.88. The Bertz CT molecular complexity index is 894. The molecule has 2 amide bonds. The van der Waals surface area contributed by atoms with E-state index in [4.69, 9.17) is 4.74 Å². The van der Waals surface area contributed by atoms with Crippen molar-refractivity contribution in [3.05, 3.63) is 64.1 Å². The van der Waals surface area contributed by atoms with Gasteiger partial charge in [0, 0.05) is 30.6 Å². The van der Waals surface area contributed by atoms with Gasteiger partial charge in [0.15, 0.2) is 0 Å². The Morgan fingerprint density at radius 1 is 1.19 bits per heavy atom. The van der Waals surface area contributed by atoms with Crippen LogP contribution < -0.4 is 15.8 Å². The third kappa shape index (κ3) is 3.72. The lowest BCUT2D eigenvalue weighted by atomic mass is 9.83. The Balaban J connectivity index is 1.83. The minimum absolute atomic E-state index is 0.104. The van der Waals surface area contributed by atoms with Gasteiger partial charge in [0.05, 0.1) is 6.04 Å². The standard InChI is InChI=1S/C20H23N3O4/c1-12-13(2)23(14(3)24)18-16(9-10-21-19(18)25)17(12)22-20(26)27-11-15-7-5-4-6-8-15/h4-10,12-13,17H,11H2,1-3H3,(H,21,25)(H,22,26)/t12-,13-,17?/m0/s1. The van der Waals surface area contributed by atoms with E-state index in [-0.39, 0.29) is 35.7 Å². The van der Waals surface area contributed by atoms with Crippen molar-refractivity contribution in [2.75, 3.05) is 4.90 Å². The Labute approximate surface area is 157 Å². The lowest BCUT2D eigenvalue weighted by molar-refractivity contribution is -0.117. The molecule has 7 heteroatoms. The summed E-state index contributed by atoms with van der Waals surface area (Å²) in [6, 6.07) is 10.4. The summed E-state index contributed by atoms with van der Waals surface area (Å²) in [5.74, 6) is -0.315. The van der Waals surface area contributed by atoms with Crippen LogP contribution in [0.3, 0.4) is 0 Å². The highest BCUT2D eigenvalue weighted by atomic mass is 16.5. The second-order valence-corrected chi connectivity index (χ2v) is 6.78. The molecule has 1 aliphatic heterocycles. The first-order valence-electron chi connectivity index (χ1n) is 8.88. The summed E-state index contributed by atoms with van der Waals surface area (Å²) < 4.78 is 5.32. The number of aromatic amines is 1. The molecule has 3 atom stereocenters. The minimum atomic E-state index is -0.564. The second-order valence-electron chi connectivity index (χ2n) is 6.78. The van der Waals surface area contributed by atoms with Crippen molar-refractivity contribution >= 4 is 17.7 Å². The van der Waals surface area contributed by atoms with Crippen LogP contribution >= 0.6 is 0 Å². The van der Waals surface area contributed by atoms with Crippen LogP contribution in [0, 0.1) is 5.92 Å². The molecule has 142 valence electrons. The van der Waals surface area contributed by atoms with E-state index in [2.05, 4.69) is 10.3 Å². The largest absolute Gasteiger partial charge is 0.445 e. The summed E-state index contributed by atoms with van der Waals surface area (Å²) in [6.45, 7) is 5.39. The van der Waals surface area contributed by atoms with E-state index in [1.807, 2.05) is 44.2 Å². The van der Waals surface area contributed by atoms with E-state index >= 15 is 0 Å².